The highest BCUT2D eigenvalue weighted by atomic mass is 19.1. The third-order valence-corrected chi connectivity index (χ3v) is 4.75. The van der Waals surface area contributed by atoms with E-state index in [1.807, 2.05) is 6.07 Å². The van der Waals surface area contributed by atoms with Crippen LogP contribution in [0.5, 0.6) is 0 Å². The molecule has 0 aromatic heterocycles. The Morgan fingerprint density at radius 3 is 2.28 bits per heavy atom. The molecule has 3 N–H and O–H groups in total. The van der Waals surface area contributed by atoms with E-state index in [1.54, 1.807) is 0 Å². The van der Waals surface area contributed by atoms with Gasteiger partial charge in [0.25, 0.3) is 0 Å². The monoisotopic (exact) mass is 259 g/mol. The fraction of sp³-hybridized carbons (Fsp3) is 0.929. The minimum Gasteiger partial charge on any atom is -0.412 e. The van der Waals surface area contributed by atoms with Gasteiger partial charge in [-0.25, -0.2) is 4.39 Å². The lowest BCUT2D eigenvalue weighted by Crippen LogP contribution is -2.40. The predicted octanol–water partition coefficient (Wildman–Crippen LogP) is 2.48. The Balaban J connectivity index is 0.00000162. The van der Waals surface area contributed by atoms with Crippen molar-refractivity contribution in [3.05, 3.63) is 0 Å². The lowest BCUT2D eigenvalue weighted by Gasteiger charge is -2.39. The molecule has 0 bridgehead atoms. The van der Waals surface area contributed by atoms with Gasteiger partial charge in [0.2, 0.25) is 0 Å². The number of rotatable bonds is 1. The first-order valence-electron chi connectivity index (χ1n) is 6.83. The van der Waals surface area contributed by atoms with Crippen molar-refractivity contribution in [2.24, 2.45) is 23.7 Å². The molecule has 0 amide bonds. The molecule has 2 aliphatic carbocycles. The minimum absolute atomic E-state index is 0. The van der Waals surface area contributed by atoms with E-state index < -0.39 is 18.2 Å². The number of aliphatic hydroxyl groups is 1. The first-order valence-corrected chi connectivity index (χ1v) is 6.83. The fourth-order valence-corrected chi connectivity index (χ4v) is 3.54. The normalized spacial score (nSPS) is 44.8. The summed E-state index contributed by atoms with van der Waals surface area (Å²) < 4.78 is 13.8. The molecule has 0 aliphatic heterocycles. The highest BCUT2D eigenvalue weighted by Gasteiger charge is 2.40. The summed E-state index contributed by atoms with van der Waals surface area (Å²) in [6, 6.07) is 1.91. The van der Waals surface area contributed by atoms with Gasteiger partial charge in [0.05, 0.1) is 12.2 Å². The van der Waals surface area contributed by atoms with Crippen LogP contribution in [0.3, 0.4) is 0 Å². The molecule has 0 heterocycles. The van der Waals surface area contributed by atoms with Crippen LogP contribution in [0.15, 0.2) is 0 Å². The van der Waals surface area contributed by atoms with E-state index in [9.17, 15) is 9.50 Å². The minimum atomic E-state index is -1.13. The van der Waals surface area contributed by atoms with Crippen LogP contribution in [0.4, 0.5) is 4.39 Å². The van der Waals surface area contributed by atoms with Crippen LogP contribution in [-0.4, -0.2) is 22.9 Å². The standard InChI is InChI=1S/C14H22FNO.H2O.H2/c1-9-2-4-10(5-3-9)11-6-13(15)12(8-16)14(17)7-11;;/h9-14,17H,2-7H2,1H3;1H2;1H. The molecule has 0 spiro atoms. The number of aliphatic hydroxyl groups excluding tert-OH is 1. The number of nitriles is 1. The summed E-state index contributed by atoms with van der Waals surface area (Å²) in [5.41, 5.74) is 0. The average molecular weight is 259 g/mol. The molecule has 0 aromatic rings. The maximum atomic E-state index is 13.8. The average Bonchev–Trinajstić information content (AvgIpc) is 2.29. The van der Waals surface area contributed by atoms with E-state index >= 15 is 0 Å². The molecule has 18 heavy (non-hydrogen) atoms. The van der Waals surface area contributed by atoms with E-state index in [-0.39, 0.29) is 12.8 Å². The molecule has 0 saturated heterocycles. The summed E-state index contributed by atoms with van der Waals surface area (Å²) in [7, 11) is 0. The molecule has 3 nitrogen and oxygen atoms in total. The number of halogens is 1. The topological polar surface area (TPSA) is 75.5 Å². The lowest BCUT2D eigenvalue weighted by atomic mass is 9.68. The van der Waals surface area contributed by atoms with Gasteiger partial charge in [0.1, 0.15) is 12.1 Å². The van der Waals surface area contributed by atoms with E-state index in [2.05, 4.69) is 6.92 Å². The second-order valence-corrected chi connectivity index (χ2v) is 5.99. The third kappa shape index (κ3) is 3.21. The fourth-order valence-electron chi connectivity index (χ4n) is 3.54. The number of hydrogen-bond acceptors (Lipinski definition) is 2. The maximum Gasteiger partial charge on any atom is 0.119 e. The van der Waals surface area contributed by atoms with Gasteiger partial charge in [-0.15, -0.1) is 0 Å². The highest BCUT2D eigenvalue weighted by molar-refractivity contribution is 4.99. The molecule has 2 saturated carbocycles. The number of alkyl halides is 1. The summed E-state index contributed by atoms with van der Waals surface area (Å²) in [6.45, 7) is 2.27. The molecule has 4 heteroatoms. The van der Waals surface area contributed by atoms with Crippen LogP contribution >= 0.6 is 0 Å². The Morgan fingerprint density at radius 1 is 1.17 bits per heavy atom. The smallest absolute Gasteiger partial charge is 0.119 e. The Morgan fingerprint density at radius 2 is 1.78 bits per heavy atom. The Hall–Kier alpha value is -0.660. The van der Waals surface area contributed by atoms with Gasteiger partial charge in [-0.2, -0.15) is 5.26 Å². The van der Waals surface area contributed by atoms with Gasteiger partial charge in [-0.3, -0.25) is 0 Å². The Labute approximate surface area is 110 Å². The van der Waals surface area contributed by atoms with E-state index in [0.29, 0.717) is 18.8 Å². The van der Waals surface area contributed by atoms with Crippen LogP contribution in [-0.2, 0) is 0 Å². The molecule has 4 unspecified atom stereocenters. The third-order valence-electron chi connectivity index (χ3n) is 4.75. The summed E-state index contributed by atoms with van der Waals surface area (Å²) >= 11 is 0. The van der Waals surface area contributed by atoms with Gasteiger partial charge in [-0.1, -0.05) is 19.8 Å². The zero-order chi connectivity index (χ0) is 12.4. The largest absolute Gasteiger partial charge is 0.412 e. The quantitative estimate of drug-likeness (QED) is 0.785. The van der Waals surface area contributed by atoms with Crippen molar-refractivity contribution in [3.8, 4) is 6.07 Å². The van der Waals surface area contributed by atoms with E-state index in [1.165, 1.54) is 25.7 Å². The van der Waals surface area contributed by atoms with Crippen molar-refractivity contribution in [1.82, 2.24) is 0 Å². The Bertz CT molecular complexity index is 290. The second-order valence-electron chi connectivity index (χ2n) is 5.99. The van der Waals surface area contributed by atoms with Gasteiger partial charge in [-0.05, 0) is 43.4 Å². The van der Waals surface area contributed by atoms with Crippen LogP contribution in [0.25, 0.3) is 0 Å². The van der Waals surface area contributed by atoms with Crippen LogP contribution < -0.4 is 0 Å². The SMILES string of the molecule is CC1CCC(C2CC(O)C(C#N)C(F)C2)CC1.O.[HH]. The predicted molar refractivity (Wildman–Crippen MR) is 69.6 cm³/mol. The first-order chi connectivity index (χ1) is 8.11. The summed E-state index contributed by atoms with van der Waals surface area (Å²) in [5, 5.41) is 18.6. The molecule has 2 fully saturated rings. The van der Waals surface area contributed by atoms with Crippen LogP contribution in [0, 0.1) is 35.0 Å². The molecule has 0 radical (unpaired) electrons. The summed E-state index contributed by atoms with van der Waals surface area (Å²) in [6.07, 6.45) is 4.02. The van der Waals surface area contributed by atoms with Gasteiger partial charge in [0.15, 0.2) is 0 Å². The van der Waals surface area contributed by atoms with E-state index in [4.69, 9.17) is 5.26 Å². The van der Waals surface area contributed by atoms with Gasteiger partial charge < -0.3 is 10.6 Å². The molecule has 4 atom stereocenters. The second kappa shape index (κ2) is 6.49. The van der Waals surface area contributed by atoms with Crippen molar-refractivity contribution in [2.75, 3.05) is 0 Å². The highest BCUT2D eigenvalue weighted by Crippen LogP contribution is 2.42. The zero-order valence-electron chi connectivity index (χ0n) is 11.0. The van der Waals surface area contributed by atoms with Crippen molar-refractivity contribution in [2.45, 2.75) is 57.7 Å². The molecule has 106 valence electrons. The van der Waals surface area contributed by atoms with Gasteiger partial charge in [0, 0.05) is 1.43 Å². The zero-order valence-corrected chi connectivity index (χ0v) is 11.0. The lowest BCUT2D eigenvalue weighted by molar-refractivity contribution is -0.00546. The first kappa shape index (κ1) is 15.4. The van der Waals surface area contributed by atoms with Crippen molar-refractivity contribution in [3.63, 3.8) is 0 Å². The van der Waals surface area contributed by atoms with Crippen LogP contribution in [0.1, 0.15) is 46.9 Å². The van der Waals surface area contributed by atoms with Crippen molar-refractivity contribution in [1.29, 1.82) is 5.26 Å². The molecular weight excluding hydrogens is 233 g/mol. The molecule has 2 aliphatic rings. The molecule has 0 aromatic carbocycles. The number of hydrogen-bond donors (Lipinski definition) is 1. The molecule has 2 rings (SSSR count). The molecular formula is C14H26FNO2. The summed E-state index contributed by atoms with van der Waals surface area (Å²) in [5.74, 6) is 0.859. The summed E-state index contributed by atoms with van der Waals surface area (Å²) in [4.78, 5) is 0. The maximum absolute atomic E-state index is 13.8. The Kier molecular flexibility index (Phi) is 5.55. The number of nitrogens with zero attached hydrogens (tertiary/aromatic N) is 1. The van der Waals surface area contributed by atoms with Gasteiger partial charge >= 0.3 is 0 Å². The van der Waals surface area contributed by atoms with Crippen molar-refractivity contribution >= 4 is 0 Å². The van der Waals surface area contributed by atoms with Crippen molar-refractivity contribution < 1.29 is 16.4 Å². The van der Waals surface area contributed by atoms with Crippen LogP contribution in [0.2, 0.25) is 0 Å². The van der Waals surface area contributed by atoms with E-state index in [0.717, 1.165) is 5.92 Å².